The maximum atomic E-state index is 11.2. The van der Waals surface area contributed by atoms with Crippen molar-refractivity contribution in [3.05, 3.63) is 0 Å². The van der Waals surface area contributed by atoms with Gasteiger partial charge in [0, 0.05) is 12.8 Å². The Morgan fingerprint density at radius 2 is 1.92 bits per heavy atom. The molecule has 0 aliphatic carbocycles. The van der Waals surface area contributed by atoms with Crippen LogP contribution in [0.25, 0.3) is 0 Å². The van der Waals surface area contributed by atoms with Gasteiger partial charge in [-0.3, -0.25) is 9.59 Å². The highest BCUT2D eigenvalue weighted by atomic mass is 16.3. The van der Waals surface area contributed by atoms with Crippen LogP contribution in [0.1, 0.15) is 46.0 Å². The molecule has 3 heteroatoms. The van der Waals surface area contributed by atoms with Crippen LogP contribution >= 0.6 is 0 Å². The van der Waals surface area contributed by atoms with Crippen LogP contribution in [0.4, 0.5) is 0 Å². The molecular weight excluding hydrogens is 168 g/mol. The van der Waals surface area contributed by atoms with Gasteiger partial charge in [-0.25, -0.2) is 0 Å². The molecule has 0 amide bonds. The minimum absolute atomic E-state index is 0.0367. The molecule has 3 nitrogen and oxygen atoms in total. The van der Waals surface area contributed by atoms with Crippen molar-refractivity contribution < 1.29 is 14.7 Å². The van der Waals surface area contributed by atoms with Crippen LogP contribution in [0, 0.1) is 0 Å². The van der Waals surface area contributed by atoms with Crippen LogP contribution in [0.3, 0.4) is 0 Å². The van der Waals surface area contributed by atoms with Crippen LogP contribution in [-0.2, 0) is 9.59 Å². The third-order valence-electron chi connectivity index (χ3n) is 1.88. The molecule has 0 rings (SSSR count). The van der Waals surface area contributed by atoms with Crippen LogP contribution in [0.2, 0.25) is 0 Å². The van der Waals surface area contributed by atoms with Crippen molar-refractivity contribution >= 4 is 11.6 Å². The molecule has 1 N–H and O–H groups in total. The average Bonchev–Trinajstić information content (AvgIpc) is 2.03. The molecule has 1 atom stereocenters. The lowest BCUT2D eigenvalue weighted by molar-refractivity contribution is -0.131. The van der Waals surface area contributed by atoms with E-state index in [2.05, 4.69) is 6.92 Å². The molecule has 0 heterocycles. The molecule has 76 valence electrons. The summed E-state index contributed by atoms with van der Waals surface area (Å²) in [5.74, 6) is -0.347. The SMILES string of the molecule is CCCCCC(=O)C(O)CC(C)=O. The lowest BCUT2D eigenvalue weighted by Crippen LogP contribution is -2.22. The molecule has 0 saturated carbocycles. The van der Waals surface area contributed by atoms with Crippen molar-refractivity contribution in [3.8, 4) is 0 Å². The number of rotatable bonds is 7. The Balaban J connectivity index is 3.63. The van der Waals surface area contributed by atoms with Crippen LogP contribution in [0.5, 0.6) is 0 Å². The van der Waals surface area contributed by atoms with E-state index in [1.165, 1.54) is 6.92 Å². The van der Waals surface area contributed by atoms with Crippen molar-refractivity contribution in [1.29, 1.82) is 0 Å². The van der Waals surface area contributed by atoms with Gasteiger partial charge in [0.25, 0.3) is 0 Å². The summed E-state index contributed by atoms with van der Waals surface area (Å²) in [7, 11) is 0. The quantitative estimate of drug-likeness (QED) is 0.613. The molecule has 0 aromatic carbocycles. The zero-order valence-corrected chi connectivity index (χ0v) is 8.38. The zero-order valence-electron chi connectivity index (χ0n) is 8.38. The van der Waals surface area contributed by atoms with E-state index in [1.807, 2.05) is 0 Å². The van der Waals surface area contributed by atoms with E-state index >= 15 is 0 Å². The van der Waals surface area contributed by atoms with Gasteiger partial charge in [0.2, 0.25) is 0 Å². The summed E-state index contributed by atoms with van der Waals surface area (Å²) >= 11 is 0. The second-order valence-corrected chi connectivity index (χ2v) is 3.35. The molecular formula is C10H18O3. The smallest absolute Gasteiger partial charge is 0.161 e. The molecule has 0 spiro atoms. The molecule has 1 unspecified atom stereocenters. The number of aliphatic hydroxyl groups is 1. The number of hydrogen-bond acceptors (Lipinski definition) is 3. The molecule has 0 bridgehead atoms. The molecule has 0 radical (unpaired) electrons. The third kappa shape index (κ3) is 6.46. The Labute approximate surface area is 79.1 Å². The van der Waals surface area contributed by atoms with E-state index < -0.39 is 6.10 Å². The first-order chi connectivity index (χ1) is 6.07. The Bertz CT molecular complexity index is 175. The fraction of sp³-hybridized carbons (Fsp3) is 0.800. The van der Waals surface area contributed by atoms with E-state index in [1.54, 1.807) is 0 Å². The van der Waals surface area contributed by atoms with Crippen LogP contribution in [-0.4, -0.2) is 22.8 Å². The van der Waals surface area contributed by atoms with Crippen molar-refractivity contribution in [2.75, 3.05) is 0 Å². The molecule has 0 fully saturated rings. The van der Waals surface area contributed by atoms with Gasteiger partial charge in [0.05, 0.1) is 0 Å². The Kier molecular flexibility index (Phi) is 6.41. The second-order valence-electron chi connectivity index (χ2n) is 3.35. The number of carbonyl (C=O) groups excluding carboxylic acids is 2. The van der Waals surface area contributed by atoms with Crippen molar-refractivity contribution in [2.45, 2.75) is 52.1 Å². The van der Waals surface area contributed by atoms with Gasteiger partial charge in [-0.1, -0.05) is 19.8 Å². The summed E-state index contributed by atoms with van der Waals surface area (Å²) in [5.41, 5.74) is 0. The lowest BCUT2D eigenvalue weighted by Gasteiger charge is -2.06. The predicted molar refractivity (Wildman–Crippen MR) is 50.5 cm³/mol. The molecule has 13 heavy (non-hydrogen) atoms. The largest absolute Gasteiger partial charge is 0.385 e. The Hall–Kier alpha value is -0.700. The number of carbonyl (C=O) groups is 2. The third-order valence-corrected chi connectivity index (χ3v) is 1.88. The number of hydrogen-bond donors (Lipinski definition) is 1. The monoisotopic (exact) mass is 186 g/mol. The highest BCUT2D eigenvalue weighted by Crippen LogP contribution is 2.04. The van der Waals surface area contributed by atoms with Gasteiger partial charge >= 0.3 is 0 Å². The molecule has 0 aromatic rings. The summed E-state index contributed by atoms with van der Waals surface area (Å²) in [6, 6.07) is 0. The van der Waals surface area contributed by atoms with Crippen LogP contribution in [0.15, 0.2) is 0 Å². The maximum Gasteiger partial charge on any atom is 0.161 e. The highest BCUT2D eigenvalue weighted by Gasteiger charge is 2.15. The van der Waals surface area contributed by atoms with E-state index in [4.69, 9.17) is 0 Å². The highest BCUT2D eigenvalue weighted by molar-refractivity contribution is 5.88. The first-order valence-electron chi connectivity index (χ1n) is 4.78. The van der Waals surface area contributed by atoms with E-state index in [0.717, 1.165) is 19.3 Å². The lowest BCUT2D eigenvalue weighted by atomic mass is 10.0. The number of aliphatic hydroxyl groups excluding tert-OH is 1. The Morgan fingerprint density at radius 1 is 1.31 bits per heavy atom. The summed E-state index contributed by atoms with van der Waals surface area (Å²) in [6.07, 6.45) is 2.14. The normalized spacial score (nSPS) is 12.5. The molecule has 0 aromatic heterocycles. The topological polar surface area (TPSA) is 54.4 Å². The average molecular weight is 186 g/mol. The molecule has 0 aliphatic heterocycles. The fourth-order valence-corrected chi connectivity index (χ4v) is 1.10. The molecule has 0 saturated heterocycles. The maximum absolute atomic E-state index is 11.2. The number of unbranched alkanes of at least 4 members (excludes halogenated alkanes) is 2. The van der Waals surface area contributed by atoms with Gasteiger partial charge in [-0.05, 0) is 13.3 Å². The summed E-state index contributed by atoms with van der Waals surface area (Å²) in [5, 5.41) is 9.22. The van der Waals surface area contributed by atoms with E-state index in [9.17, 15) is 14.7 Å². The van der Waals surface area contributed by atoms with Crippen molar-refractivity contribution in [2.24, 2.45) is 0 Å². The minimum atomic E-state index is -1.07. The van der Waals surface area contributed by atoms with Gasteiger partial charge in [0.1, 0.15) is 11.9 Å². The minimum Gasteiger partial charge on any atom is -0.385 e. The van der Waals surface area contributed by atoms with Crippen LogP contribution < -0.4 is 0 Å². The van der Waals surface area contributed by atoms with E-state index in [-0.39, 0.29) is 18.0 Å². The van der Waals surface area contributed by atoms with Gasteiger partial charge in [-0.15, -0.1) is 0 Å². The van der Waals surface area contributed by atoms with Gasteiger partial charge in [0.15, 0.2) is 5.78 Å². The number of Topliss-reactive ketones (excluding diaryl/α,β-unsaturated/α-hetero) is 2. The summed E-state index contributed by atoms with van der Waals surface area (Å²) in [6.45, 7) is 3.43. The summed E-state index contributed by atoms with van der Waals surface area (Å²) in [4.78, 5) is 21.7. The zero-order chi connectivity index (χ0) is 10.3. The standard InChI is InChI=1S/C10H18O3/c1-3-4-5-6-9(12)10(13)7-8(2)11/h10,13H,3-7H2,1-2H3. The number of ketones is 2. The first-order valence-corrected chi connectivity index (χ1v) is 4.78. The molecule has 0 aliphatic rings. The second kappa shape index (κ2) is 6.78. The Morgan fingerprint density at radius 3 is 2.38 bits per heavy atom. The van der Waals surface area contributed by atoms with Crippen molar-refractivity contribution in [3.63, 3.8) is 0 Å². The first kappa shape index (κ1) is 12.3. The predicted octanol–water partition coefficient (Wildman–Crippen LogP) is 1.48. The van der Waals surface area contributed by atoms with Gasteiger partial charge < -0.3 is 5.11 Å². The van der Waals surface area contributed by atoms with Gasteiger partial charge in [-0.2, -0.15) is 0 Å². The van der Waals surface area contributed by atoms with Crippen molar-refractivity contribution in [1.82, 2.24) is 0 Å². The fourth-order valence-electron chi connectivity index (χ4n) is 1.10. The van der Waals surface area contributed by atoms with E-state index in [0.29, 0.717) is 6.42 Å². The summed E-state index contributed by atoms with van der Waals surface area (Å²) < 4.78 is 0.